The molecule has 0 radical (unpaired) electrons. The van der Waals surface area contributed by atoms with Gasteiger partial charge in [-0.25, -0.2) is 0 Å². The van der Waals surface area contributed by atoms with E-state index in [1.807, 2.05) is 19.1 Å². The monoisotopic (exact) mass is 282 g/mol. The highest BCUT2D eigenvalue weighted by molar-refractivity contribution is 6.31. The molecule has 1 atom stereocenters. The van der Waals surface area contributed by atoms with Crippen LogP contribution < -0.4 is 5.32 Å². The Hall–Kier alpha value is -0.610. The first-order valence-corrected chi connectivity index (χ1v) is 7.33. The predicted octanol–water partition coefficient (Wildman–Crippen LogP) is 2.29. The molecule has 0 saturated carbocycles. The van der Waals surface area contributed by atoms with E-state index in [0.717, 1.165) is 44.7 Å². The van der Waals surface area contributed by atoms with Crippen LogP contribution in [-0.4, -0.2) is 42.7 Å². The smallest absolute Gasteiger partial charge is 0.0816 e. The topological polar surface area (TPSA) is 35.5 Å². The first-order valence-electron chi connectivity index (χ1n) is 6.95. The molecule has 2 rings (SSSR count). The zero-order valence-electron chi connectivity index (χ0n) is 11.7. The third-order valence-electron chi connectivity index (χ3n) is 3.90. The zero-order chi connectivity index (χ0) is 13.8. The van der Waals surface area contributed by atoms with Gasteiger partial charge in [0.15, 0.2) is 0 Å². The molecule has 0 spiro atoms. The van der Waals surface area contributed by atoms with Crippen molar-refractivity contribution in [2.75, 3.05) is 32.7 Å². The highest BCUT2D eigenvalue weighted by Gasteiger charge is 2.16. The first kappa shape index (κ1) is 14.8. The second-order valence-electron chi connectivity index (χ2n) is 5.35. The number of hydrogen-bond acceptors (Lipinski definition) is 3. The van der Waals surface area contributed by atoms with Crippen molar-refractivity contribution in [3.63, 3.8) is 0 Å². The summed E-state index contributed by atoms with van der Waals surface area (Å²) >= 11 is 6.23. The summed E-state index contributed by atoms with van der Waals surface area (Å²) in [4.78, 5) is 2.38. The largest absolute Gasteiger partial charge is 0.388 e. The molecule has 0 aliphatic carbocycles. The van der Waals surface area contributed by atoms with Gasteiger partial charge in [-0.1, -0.05) is 17.7 Å². The van der Waals surface area contributed by atoms with Crippen molar-refractivity contribution in [3.8, 4) is 0 Å². The van der Waals surface area contributed by atoms with Crippen LogP contribution in [0.4, 0.5) is 0 Å². The van der Waals surface area contributed by atoms with Gasteiger partial charge >= 0.3 is 0 Å². The van der Waals surface area contributed by atoms with Gasteiger partial charge in [-0.3, -0.25) is 0 Å². The average molecular weight is 283 g/mol. The molecule has 1 saturated heterocycles. The molecule has 3 nitrogen and oxygen atoms in total. The molecule has 0 aromatic heterocycles. The third kappa shape index (κ3) is 3.93. The van der Waals surface area contributed by atoms with Crippen molar-refractivity contribution in [3.05, 3.63) is 33.8 Å². The van der Waals surface area contributed by atoms with E-state index in [1.54, 1.807) is 0 Å². The van der Waals surface area contributed by atoms with Gasteiger partial charge in [0.25, 0.3) is 0 Å². The lowest BCUT2D eigenvalue weighted by Gasteiger charge is -2.28. The Bertz CT molecular complexity index is 430. The maximum Gasteiger partial charge on any atom is 0.0816 e. The van der Waals surface area contributed by atoms with Crippen LogP contribution in [0.25, 0.3) is 0 Å². The van der Waals surface area contributed by atoms with E-state index in [4.69, 9.17) is 11.6 Å². The summed E-state index contributed by atoms with van der Waals surface area (Å²) in [5.74, 6) is 0. The molecule has 1 aliphatic rings. The molecule has 1 aromatic carbocycles. The Balaban J connectivity index is 1.95. The van der Waals surface area contributed by atoms with Gasteiger partial charge in [-0.05, 0) is 43.0 Å². The number of nitrogens with zero attached hydrogens (tertiary/aromatic N) is 1. The molecule has 19 heavy (non-hydrogen) atoms. The van der Waals surface area contributed by atoms with E-state index >= 15 is 0 Å². The van der Waals surface area contributed by atoms with Crippen LogP contribution >= 0.6 is 11.6 Å². The van der Waals surface area contributed by atoms with Gasteiger partial charge in [0, 0.05) is 37.7 Å². The Kier molecular flexibility index (Phi) is 5.22. The van der Waals surface area contributed by atoms with E-state index in [2.05, 4.69) is 17.1 Å². The number of benzene rings is 1. The first-order chi connectivity index (χ1) is 9.08. The summed E-state index contributed by atoms with van der Waals surface area (Å²) < 4.78 is 0. The van der Waals surface area contributed by atoms with Gasteiger partial charge < -0.3 is 15.3 Å². The van der Waals surface area contributed by atoms with Gasteiger partial charge in [0.1, 0.15) is 0 Å². The molecule has 1 unspecified atom stereocenters. The maximum atomic E-state index is 10.3. The minimum absolute atomic E-state index is 0.471. The molecule has 2 N–H and O–H groups in total. The summed E-state index contributed by atoms with van der Waals surface area (Å²) in [5.41, 5.74) is 3.21. The van der Waals surface area contributed by atoms with E-state index in [0.29, 0.717) is 5.02 Å². The number of hydrogen-bond donors (Lipinski definition) is 2. The van der Waals surface area contributed by atoms with Crippen LogP contribution in [0.2, 0.25) is 5.02 Å². The van der Waals surface area contributed by atoms with Gasteiger partial charge in [-0.15, -0.1) is 0 Å². The third-order valence-corrected chi connectivity index (χ3v) is 4.23. The molecular weight excluding hydrogens is 260 g/mol. The number of halogens is 1. The quantitative estimate of drug-likeness (QED) is 0.889. The van der Waals surface area contributed by atoms with Gasteiger partial charge in [0.2, 0.25) is 0 Å². The normalized spacial score (nSPS) is 18.5. The van der Waals surface area contributed by atoms with Crippen molar-refractivity contribution >= 4 is 11.6 Å². The summed E-state index contributed by atoms with van der Waals surface area (Å²) in [7, 11) is 0. The number of aryl methyl sites for hydroxylation is 2. The molecular formula is C15H23ClN2O. The summed E-state index contributed by atoms with van der Waals surface area (Å²) in [6.07, 6.45) is 0.268. The van der Waals surface area contributed by atoms with E-state index in [-0.39, 0.29) is 0 Å². The molecule has 0 bridgehead atoms. The van der Waals surface area contributed by atoms with Gasteiger partial charge in [0.05, 0.1) is 6.10 Å². The van der Waals surface area contributed by atoms with Crippen LogP contribution in [0.3, 0.4) is 0 Å². The predicted molar refractivity (Wildman–Crippen MR) is 79.8 cm³/mol. The molecule has 0 amide bonds. The SMILES string of the molecule is Cc1cc(Cl)c(C(O)CCN2CCNCC2)cc1C. The van der Waals surface area contributed by atoms with Gasteiger partial charge in [-0.2, -0.15) is 0 Å². The molecule has 1 aliphatic heterocycles. The highest BCUT2D eigenvalue weighted by Crippen LogP contribution is 2.28. The maximum absolute atomic E-state index is 10.3. The van der Waals surface area contributed by atoms with Crippen LogP contribution in [0, 0.1) is 13.8 Å². The lowest BCUT2D eigenvalue weighted by atomic mass is 10.0. The Morgan fingerprint density at radius 3 is 2.58 bits per heavy atom. The minimum Gasteiger partial charge on any atom is -0.388 e. The summed E-state index contributed by atoms with van der Waals surface area (Å²) in [5, 5.41) is 14.3. The van der Waals surface area contributed by atoms with Crippen molar-refractivity contribution in [1.82, 2.24) is 10.2 Å². The lowest BCUT2D eigenvalue weighted by molar-refractivity contribution is 0.137. The fourth-order valence-corrected chi connectivity index (χ4v) is 2.80. The summed E-state index contributed by atoms with van der Waals surface area (Å²) in [6, 6.07) is 3.96. The number of aliphatic hydroxyl groups is 1. The Labute approximate surface area is 120 Å². The van der Waals surface area contributed by atoms with Crippen LogP contribution in [0.1, 0.15) is 29.2 Å². The molecule has 1 aromatic rings. The van der Waals surface area contributed by atoms with E-state index in [9.17, 15) is 5.11 Å². The molecule has 1 heterocycles. The second-order valence-corrected chi connectivity index (χ2v) is 5.76. The summed E-state index contributed by atoms with van der Waals surface area (Å²) in [6.45, 7) is 9.23. The van der Waals surface area contributed by atoms with Crippen LogP contribution in [0.5, 0.6) is 0 Å². The van der Waals surface area contributed by atoms with E-state index in [1.165, 1.54) is 11.1 Å². The number of rotatable bonds is 4. The number of nitrogens with one attached hydrogen (secondary N) is 1. The van der Waals surface area contributed by atoms with Crippen LogP contribution in [0.15, 0.2) is 12.1 Å². The highest BCUT2D eigenvalue weighted by atomic mass is 35.5. The van der Waals surface area contributed by atoms with Crippen molar-refractivity contribution in [2.24, 2.45) is 0 Å². The standard InChI is InChI=1S/C15H23ClN2O/c1-11-9-13(14(16)10-12(11)2)15(19)3-6-18-7-4-17-5-8-18/h9-10,15,17,19H,3-8H2,1-2H3. The molecule has 1 fully saturated rings. The average Bonchev–Trinajstić information content (AvgIpc) is 2.41. The Morgan fingerprint density at radius 2 is 1.89 bits per heavy atom. The number of aliphatic hydroxyl groups excluding tert-OH is 1. The number of piperazine rings is 1. The molecule has 106 valence electrons. The zero-order valence-corrected chi connectivity index (χ0v) is 12.5. The minimum atomic E-state index is -0.471. The second kappa shape index (κ2) is 6.71. The van der Waals surface area contributed by atoms with Crippen molar-refractivity contribution in [2.45, 2.75) is 26.4 Å². The fraction of sp³-hybridized carbons (Fsp3) is 0.600. The van der Waals surface area contributed by atoms with Crippen molar-refractivity contribution in [1.29, 1.82) is 0 Å². The van der Waals surface area contributed by atoms with E-state index < -0.39 is 6.10 Å². The fourth-order valence-electron chi connectivity index (χ4n) is 2.45. The lowest BCUT2D eigenvalue weighted by Crippen LogP contribution is -2.44. The van der Waals surface area contributed by atoms with Crippen molar-refractivity contribution < 1.29 is 5.11 Å². The van der Waals surface area contributed by atoms with Crippen LogP contribution in [-0.2, 0) is 0 Å². The molecule has 4 heteroatoms. The Morgan fingerprint density at radius 1 is 1.26 bits per heavy atom.